The Morgan fingerprint density at radius 2 is 1.97 bits per heavy atom. The van der Waals surface area contributed by atoms with Gasteiger partial charge in [0, 0.05) is 11.9 Å². The number of tetrazole rings is 1. The molecule has 0 saturated carbocycles. The number of benzene rings is 2. The summed E-state index contributed by atoms with van der Waals surface area (Å²) in [6, 6.07) is 19.5. The van der Waals surface area contributed by atoms with Gasteiger partial charge in [0.05, 0.1) is 17.1 Å². The van der Waals surface area contributed by atoms with E-state index in [9.17, 15) is 4.79 Å². The summed E-state index contributed by atoms with van der Waals surface area (Å²) in [5, 5.41) is 15.5. The van der Waals surface area contributed by atoms with Gasteiger partial charge in [-0.25, -0.2) is 0 Å². The SMILES string of the molecule is Cc1ccc(C)c(-n2nnnc2SCC(=O)Nc2cccc(C=Cc3ccccn3)c2)c1. The summed E-state index contributed by atoms with van der Waals surface area (Å²) >= 11 is 1.29. The number of carbonyl (C=O) groups excluding carboxylic acids is 1. The molecule has 4 aromatic rings. The Bertz CT molecular complexity index is 1250. The number of anilines is 1. The van der Waals surface area contributed by atoms with Gasteiger partial charge < -0.3 is 5.32 Å². The van der Waals surface area contributed by atoms with Crippen LogP contribution in [0, 0.1) is 13.8 Å². The van der Waals surface area contributed by atoms with Crippen molar-refractivity contribution in [1.29, 1.82) is 0 Å². The van der Waals surface area contributed by atoms with Gasteiger partial charge in [-0.15, -0.1) is 5.10 Å². The number of nitrogens with zero attached hydrogens (tertiary/aromatic N) is 5. The Morgan fingerprint density at radius 1 is 1.06 bits per heavy atom. The van der Waals surface area contributed by atoms with Crippen molar-refractivity contribution in [2.45, 2.75) is 19.0 Å². The van der Waals surface area contributed by atoms with Crippen LogP contribution in [0.4, 0.5) is 5.69 Å². The standard InChI is InChI=1S/C24H22N6OS/c1-17-9-10-18(2)22(14-17)30-24(27-28-29-30)32-16-23(31)26-21-8-5-6-19(15-21)11-12-20-7-3-4-13-25-20/h3-15H,16H2,1-2H3,(H,26,31). The largest absolute Gasteiger partial charge is 0.325 e. The summed E-state index contributed by atoms with van der Waals surface area (Å²) in [6.07, 6.45) is 5.65. The summed E-state index contributed by atoms with van der Waals surface area (Å²) in [5.41, 5.74) is 5.66. The van der Waals surface area contributed by atoms with Crippen molar-refractivity contribution < 1.29 is 4.79 Å². The zero-order valence-electron chi connectivity index (χ0n) is 17.8. The number of aromatic nitrogens is 5. The Hall–Kier alpha value is -3.78. The van der Waals surface area contributed by atoms with E-state index in [1.165, 1.54) is 11.8 Å². The molecule has 0 aliphatic heterocycles. The minimum Gasteiger partial charge on any atom is -0.325 e. The van der Waals surface area contributed by atoms with Gasteiger partial charge in [-0.3, -0.25) is 9.78 Å². The molecule has 2 heterocycles. The highest BCUT2D eigenvalue weighted by Crippen LogP contribution is 2.22. The van der Waals surface area contributed by atoms with E-state index < -0.39 is 0 Å². The molecule has 8 heteroatoms. The van der Waals surface area contributed by atoms with E-state index in [2.05, 4.69) is 25.8 Å². The van der Waals surface area contributed by atoms with Crippen LogP contribution in [0.2, 0.25) is 0 Å². The van der Waals surface area contributed by atoms with E-state index in [0.29, 0.717) is 5.16 Å². The maximum atomic E-state index is 12.5. The highest BCUT2D eigenvalue weighted by molar-refractivity contribution is 7.99. The van der Waals surface area contributed by atoms with E-state index in [0.717, 1.165) is 33.8 Å². The van der Waals surface area contributed by atoms with Crippen molar-refractivity contribution in [3.8, 4) is 5.69 Å². The summed E-state index contributed by atoms with van der Waals surface area (Å²) in [6.45, 7) is 4.03. The van der Waals surface area contributed by atoms with Crippen molar-refractivity contribution in [1.82, 2.24) is 25.2 Å². The third-order valence-corrected chi connectivity index (χ3v) is 5.59. The molecule has 0 spiro atoms. The minimum atomic E-state index is -0.128. The number of nitrogens with one attached hydrogen (secondary N) is 1. The van der Waals surface area contributed by atoms with Crippen LogP contribution in [0.1, 0.15) is 22.4 Å². The fraction of sp³-hybridized carbons (Fsp3) is 0.125. The van der Waals surface area contributed by atoms with Crippen LogP contribution in [-0.2, 0) is 4.79 Å². The molecule has 0 unspecified atom stereocenters. The lowest BCUT2D eigenvalue weighted by atomic mass is 10.1. The van der Waals surface area contributed by atoms with Crippen LogP contribution >= 0.6 is 11.8 Å². The van der Waals surface area contributed by atoms with E-state index in [4.69, 9.17) is 0 Å². The second-order valence-corrected chi connectivity index (χ2v) is 8.16. The second-order valence-electron chi connectivity index (χ2n) is 7.21. The molecule has 1 N–H and O–H groups in total. The number of pyridine rings is 1. The van der Waals surface area contributed by atoms with Gasteiger partial charge in [0.2, 0.25) is 11.1 Å². The first-order valence-corrected chi connectivity index (χ1v) is 11.0. The third kappa shape index (κ3) is 5.47. The Morgan fingerprint density at radius 3 is 2.81 bits per heavy atom. The lowest BCUT2D eigenvalue weighted by molar-refractivity contribution is -0.113. The number of aryl methyl sites for hydroxylation is 2. The third-order valence-electron chi connectivity index (χ3n) is 4.67. The molecule has 0 saturated heterocycles. The predicted molar refractivity (Wildman–Crippen MR) is 128 cm³/mol. The lowest BCUT2D eigenvalue weighted by Gasteiger charge is -2.09. The molecule has 4 rings (SSSR count). The lowest BCUT2D eigenvalue weighted by Crippen LogP contribution is -2.14. The summed E-state index contributed by atoms with van der Waals surface area (Å²) in [5.74, 6) is 0.0653. The molecule has 32 heavy (non-hydrogen) atoms. The van der Waals surface area contributed by atoms with Gasteiger partial charge in [0.25, 0.3) is 0 Å². The first kappa shape index (κ1) is 21.5. The van der Waals surface area contributed by atoms with Crippen molar-refractivity contribution >= 4 is 35.5 Å². The normalized spacial score (nSPS) is 11.1. The summed E-state index contributed by atoms with van der Waals surface area (Å²) < 4.78 is 1.67. The summed E-state index contributed by atoms with van der Waals surface area (Å²) in [7, 11) is 0. The highest BCUT2D eigenvalue weighted by atomic mass is 32.2. The Labute approximate surface area is 190 Å². The van der Waals surface area contributed by atoms with Crippen LogP contribution in [0.25, 0.3) is 17.8 Å². The first-order chi connectivity index (χ1) is 15.6. The molecule has 7 nitrogen and oxygen atoms in total. The first-order valence-electron chi connectivity index (χ1n) is 10.1. The van der Waals surface area contributed by atoms with E-state index >= 15 is 0 Å². The minimum absolute atomic E-state index is 0.128. The fourth-order valence-corrected chi connectivity index (χ4v) is 3.75. The fourth-order valence-electron chi connectivity index (χ4n) is 3.07. The monoisotopic (exact) mass is 442 g/mol. The number of hydrogen-bond donors (Lipinski definition) is 1. The molecular weight excluding hydrogens is 420 g/mol. The average Bonchev–Trinajstić information content (AvgIpc) is 3.27. The molecule has 1 amide bonds. The van der Waals surface area contributed by atoms with Crippen LogP contribution in [0.5, 0.6) is 0 Å². The number of amides is 1. The molecule has 160 valence electrons. The van der Waals surface area contributed by atoms with Gasteiger partial charge in [0.15, 0.2) is 0 Å². The van der Waals surface area contributed by atoms with Gasteiger partial charge in [-0.1, -0.05) is 48.2 Å². The Kier molecular flexibility index (Phi) is 6.72. The van der Waals surface area contributed by atoms with Crippen molar-refractivity contribution in [2.75, 3.05) is 11.1 Å². The summed E-state index contributed by atoms with van der Waals surface area (Å²) in [4.78, 5) is 16.8. The molecule has 0 radical (unpaired) electrons. The zero-order valence-corrected chi connectivity index (χ0v) is 18.6. The zero-order chi connectivity index (χ0) is 22.3. The maximum absolute atomic E-state index is 12.5. The molecule has 0 aliphatic carbocycles. The molecule has 0 aliphatic rings. The predicted octanol–water partition coefficient (Wildman–Crippen LogP) is 4.58. The van der Waals surface area contributed by atoms with Crippen LogP contribution < -0.4 is 5.32 Å². The maximum Gasteiger partial charge on any atom is 0.234 e. The van der Waals surface area contributed by atoms with Gasteiger partial charge in [0.1, 0.15) is 0 Å². The molecule has 2 aromatic heterocycles. The number of hydrogen-bond acceptors (Lipinski definition) is 6. The van der Waals surface area contributed by atoms with E-state index in [1.807, 2.05) is 86.7 Å². The van der Waals surface area contributed by atoms with Crippen molar-refractivity contribution in [3.63, 3.8) is 0 Å². The highest BCUT2D eigenvalue weighted by Gasteiger charge is 2.13. The molecular formula is C24H22N6OS. The number of rotatable bonds is 7. The van der Waals surface area contributed by atoms with Crippen LogP contribution in [-0.4, -0.2) is 36.9 Å². The van der Waals surface area contributed by atoms with Crippen LogP contribution in [0.3, 0.4) is 0 Å². The number of thioether (sulfide) groups is 1. The number of carbonyl (C=O) groups is 1. The molecule has 2 aromatic carbocycles. The smallest absolute Gasteiger partial charge is 0.234 e. The topological polar surface area (TPSA) is 85.6 Å². The second kappa shape index (κ2) is 10.0. The Balaban J connectivity index is 1.39. The average molecular weight is 443 g/mol. The van der Waals surface area contributed by atoms with Gasteiger partial charge in [-0.2, -0.15) is 4.68 Å². The van der Waals surface area contributed by atoms with Crippen molar-refractivity contribution in [2.24, 2.45) is 0 Å². The van der Waals surface area contributed by atoms with E-state index in [-0.39, 0.29) is 11.7 Å². The van der Waals surface area contributed by atoms with Crippen LogP contribution in [0.15, 0.2) is 72.0 Å². The quantitative estimate of drug-likeness (QED) is 0.422. The molecule has 0 fully saturated rings. The van der Waals surface area contributed by atoms with Gasteiger partial charge >= 0.3 is 0 Å². The van der Waals surface area contributed by atoms with Gasteiger partial charge in [-0.05, 0) is 77.4 Å². The van der Waals surface area contributed by atoms with E-state index in [1.54, 1.807) is 10.9 Å². The molecule has 0 atom stereocenters. The van der Waals surface area contributed by atoms with Crippen molar-refractivity contribution in [3.05, 3.63) is 89.2 Å². The molecule has 0 bridgehead atoms.